The maximum atomic E-state index is 12.8. The second-order valence-corrected chi connectivity index (χ2v) is 8.92. The molecule has 0 atom stereocenters. The third-order valence-electron chi connectivity index (χ3n) is 5.53. The normalized spacial score (nSPS) is 13.3. The van der Waals surface area contributed by atoms with Gasteiger partial charge in [-0.3, -0.25) is 4.79 Å². The molecule has 0 spiro atoms. The Balaban J connectivity index is 1.45. The molecule has 11 heteroatoms. The molecule has 3 heterocycles. The van der Waals surface area contributed by atoms with Crippen LogP contribution in [0.3, 0.4) is 0 Å². The van der Waals surface area contributed by atoms with E-state index < -0.39 is 11.9 Å². The minimum absolute atomic E-state index is 0.0253. The lowest BCUT2D eigenvalue weighted by atomic mass is 10.2. The topological polar surface area (TPSA) is 138 Å². The molecule has 0 saturated carbocycles. The molecular weight excluding hydrogens is 472 g/mol. The van der Waals surface area contributed by atoms with Gasteiger partial charge in [-0.05, 0) is 38.8 Å². The number of nitrogens with two attached hydrogens (primary N) is 1. The number of benzene rings is 1. The van der Waals surface area contributed by atoms with Crippen molar-refractivity contribution < 1.29 is 28.3 Å². The van der Waals surface area contributed by atoms with E-state index in [2.05, 4.69) is 9.97 Å². The number of nitrogen functional groups attached to an aromatic ring is 1. The van der Waals surface area contributed by atoms with Gasteiger partial charge in [0, 0.05) is 18.0 Å². The zero-order valence-electron chi connectivity index (χ0n) is 19.5. The lowest BCUT2D eigenvalue weighted by Gasteiger charge is -2.15. The van der Waals surface area contributed by atoms with Crippen molar-refractivity contribution in [2.24, 2.45) is 0 Å². The Labute approximate surface area is 206 Å². The monoisotopic (exact) mass is 498 g/mol. The van der Waals surface area contributed by atoms with Crippen LogP contribution in [0.2, 0.25) is 0 Å². The van der Waals surface area contributed by atoms with E-state index in [1.807, 2.05) is 4.90 Å². The minimum Gasteiger partial charge on any atom is -0.462 e. The summed E-state index contributed by atoms with van der Waals surface area (Å²) in [4.78, 5) is 48.4. The first-order valence-corrected chi connectivity index (χ1v) is 12.3. The van der Waals surface area contributed by atoms with Crippen molar-refractivity contribution in [2.45, 2.75) is 38.2 Å². The van der Waals surface area contributed by atoms with E-state index in [4.69, 9.17) is 19.6 Å². The number of ether oxygens (including phenoxy) is 2. The number of amides is 1. The Morgan fingerprint density at radius 2 is 1.86 bits per heavy atom. The van der Waals surface area contributed by atoms with Crippen LogP contribution in [0, 0.1) is 6.92 Å². The Bertz CT molecular complexity index is 1270. The number of carbonyl (C=O) groups is 3. The molecule has 2 aromatic heterocycles. The third-order valence-corrected chi connectivity index (χ3v) is 6.59. The zero-order chi connectivity index (χ0) is 24.9. The molecule has 184 valence electrons. The van der Waals surface area contributed by atoms with Gasteiger partial charge in [-0.25, -0.2) is 14.6 Å². The van der Waals surface area contributed by atoms with Crippen LogP contribution in [0.4, 0.5) is 5.82 Å². The highest BCUT2D eigenvalue weighted by Crippen LogP contribution is 2.29. The lowest BCUT2D eigenvalue weighted by Crippen LogP contribution is -2.29. The Hall–Kier alpha value is -3.60. The van der Waals surface area contributed by atoms with Crippen molar-refractivity contribution in [3.8, 4) is 0 Å². The van der Waals surface area contributed by atoms with Crippen molar-refractivity contribution in [3.05, 3.63) is 47.0 Å². The van der Waals surface area contributed by atoms with E-state index >= 15 is 0 Å². The van der Waals surface area contributed by atoms with Gasteiger partial charge in [0.2, 0.25) is 11.6 Å². The summed E-state index contributed by atoms with van der Waals surface area (Å²) in [6.45, 7) is 4.82. The number of thioether (sulfide) groups is 1. The highest BCUT2D eigenvalue weighted by molar-refractivity contribution is 8.00. The standard InChI is InChI=1S/C24H26N4O6S/c1-3-32-24(31)19-14(2)34-22-20(19)21(25)26-17(27-22)12-33-23(30)15-8-4-5-9-16(15)35-13-18(29)28-10-6-7-11-28/h4-5,8-9H,3,6-7,10-13H2,1-2H3,(H2,25,26,27). The minimum atomic E-state index is -0.577. The molecule has 3 aromatic rings. The summed E-state index contributed by atoms with van der Waals surface area (Å²) in [6.07, 6.45) is 2.05. The molecule has 4 rings (SSSR count). The quantitative estimate of drug-likeness (QED) is 0.363. The number of fused-ring (bicyclic) bond motifs is 1. The average Bonchev–Trinajstić information content (AvgIpc) is 3.49. The number of aromatic nitrogens is 2. The maximum Gasteiger partial charge on any atom is 0.342 e. The summed E-state index contributed by atoms with van der Waals surface area (Å²) in [5, 5.41) is 0.264. The predicted molar refractivity (Wildman–Crippen MR) is 129 cm³/mol. The average molecular weight is 499 g/mol. The van der Waals surface area contributed by atoms with E-state index in [1.54, 1.807) is 38.1 Å². The zero-order valence-corrected chi connectivity index (χ0v) is 20.4. The summed E-state index contributed by atoms with van der Waals surface area (Å²) >= 11 is 1.31. The van der Waals surface area contributed by atoms with Crippen molar-refractivity contribution in [2.75, 3.05) is 31.2 Å². The molecule has 0 radical (unpaired) electrons. The first-order valence-electron chi connectivity index (χ1n) is 11.3. The van der Waals surface area contributed by atoms with Crippen LogP contribution in [0.15, 0.2) is 33.6 Å². The van der Waals surface area contributed by atoms with Gasteiger partial charge in [-0.1, -0.05) is 12.1 Å². The van der Waals surface area contributed by atoms with Crippen LogP contribution >= 0.6 is 11.8 Å². The van der Waals surface area contributed by atoms with Gasteiger partial charge in [-0.2, -0.15) is 4.98 Å². The molecule has 0 aliphatic carbocycles. The molecular formula is C24H26N4O6S. The van der Waals surface area contributed by atoms with Gasteiger partial charge in [0.15, 0.2) is 12.4 Å². The van der Waals surface area contributed by atoms with Crippen molar-refractivity contribution in [3.63, 3.8) is 0 Å². The highest BCUT2D eigenvalue weighted by atomic mass is 32.2. The Kier molecular flexibility index (Phi) is 7.54. The molecule has 1 aliphatic heterocycles. The number of hydrogen-bond acceptors (Lipinski definition) is 10. The fourth-order valence-corrected chi connectivity index (χ4v) is 4.81. The van der Waals surface area contributed by atoms with Crippen LogP contribution in [-0.2, 0) is 20.9 Å². The fourth-order valence-electron chi connectivity index (χ4n) is 3.86. The number of esters is 2. The van der Waals surface area contributed by atoms with Crippen molar-refractivity contribution in [1.82, 2.24) is 14.9 Å². The molecule has 1 aromatic carbocycles. The molecule has 10 nitrogen and oxygen atoms in total. The molecule has 0 unspecified atom stereocenters. The van der Waals surface area contributed by atoms with Crippen LogP contribution in [0.5, 0.6) is 0 Å². The number of hydrogen-bond donors (Lipinski definition) is 1. The van der Waals surface area contributed by atoms with E-state index in [-0.39, 0.29) is 53.2 Å². The number of furan rings is 1. The smallest absolute Gasteiger partial charge is 0.342 e. The van der Waals surface area contributed by atoms with Crippen LogP contribution in [0.1, 0.15) is 52.1 Å². The van der Waals surface area contributed by atoms with Gasteiger partial charge in [0.1, 0.15) is 17.1 Å². The number of rotatable bonds is 8. The lowest BCUT2D eigenvalue weighted by molar-refractivity contribution is -0.127. The largest absolute Gasteiger partial charge is 0.462 e. The fraction of sp³-hybridized carbons (Fsp3) is 0.375. The highest BCUT2D eigenvalue weighted by Gasteiger charge is 2.24. The van der Waals surface area contributed by atoms with E-state index in [0.29, 0.717) is 16.2 Å². The summed E-state index contributed by atoms with van der Waals surface area (Å²) < 4.78 is 16.1. The maximum absolute atomic E-state index is 12.8. The number of nitrogens with zero attached hydrogens (tertiary/aromatic N) is 3. The Morgan fingerprint density at radius 1 is 1.11 bits per heavy atom. The van der Waals surface area contributed by atoms with Crippen molar-refractivity contribution >= 4 is 46.5 Å². The molecule has 1 saturated heterocycles. The number of likely N-dealkylation sites (tertiary alicyclic amines) is 1. The van der Waals surface area contributed by atoms with Gasteiger partial charge in [0.05, 0.1) is 23.3 Å². The van der Waals surface area contributed by atoms with Gasteiger partial charge >= 0.3 is 11.9 Å². The summed E-state index contributed by atoms with van der Waals surface area (Å²) in [5.41, 5.74) is 6.70. The van der Waals surface area contributed by atoms with E-state index in [0.717, 1.165) is 25.9 Å². The van der Waals surface area contributed by atoms with Gasteiger partial charge < -0.3 is 24.5 Å². The van der Waals surface area contributed by atoms with Crippen LogP contribution in [-0.4, -0.2) is 58.2 Å². The summed E-state index contributed by atoms with van der Waals surface area (Å²) in [5.74, 6) is -0.380. The molecule has 0 bridgehead atoms. The number of aryl methyl sites for hydroxylation is 1. The van der Waals surface area contributed by atoms with Crippen LogP contribution < -0.4 is 5.73 Å². The molecule has 1 fully saturated rings. The molecule has 2 N–H and O–H groups in total. The third kappa shape index (κ3) is 5.40. The number of anilines is 1. The Morgan fingerprint density at radius 3 is 2.60 bits per heavy atom. The van der Waals surface area contributed by atoms with E-state index in [1.165, 1.54) is 11.8 Å². The first kappa shape index (κ1) is 24.5. The molecule has 1 aliphatic rings. The SMILES string of the molecule is CCOC(=O)c1c(C)oc2nc(COC(=O)c3ccccc3SCC(=O)N3CCCC3)nc(N)c12. The van der Waals surface area contributed by atoms with Gasteiger partial charge in [-0.15, -0.1) is 11.8 Å². The van der Waals surface area contributed by atoms with Crippen molar-refractivity contribution in [1.29, 1.82) is 0 Å². The second-order valence-electron chi connectivity index (χ2n) is 7.91. The second kappa shape index (κ2) is 10.8. The first-order chi connectivity index (χ1) is 16.9. The summed E-state index contributed by atoms with van der Waals surface area (Å²) in [6, 6.07) is 6.95. The molecule has 1 amide bonds. The van der Waals surface area contributed by atoms with Crippen LogP contribution in [0.25, 0.3) is 11.1 Å². The van der Waals surface area contributed by atoms with Gasteiger partial charge in [0.25, 0.3) is 0 Å². The predicted octanol–water partition coefficient (Wildman–Crippen LogP) is 3.36. The molecule has 35 heavy (non-hydrogen) atoms. The van der Waals surface area contributed by atoms with E-state index in [9.17, 15) is 14.4 Å². The summed E-state index contributed by atoms with van der Waals surface area (Å²) in [7, 11) is 0. The number of carbonyl (C=O) groups excluding carboxylic acids is 3.